The molecule has 0 spiro atoms. The number of ether oxygens (including phenoxy) is 1. The highest BCUT2D eigenvalue weighted by Gasteiger charge is 2.10. The number of nitrogens with zero attached hydrogens (tertiary/aromatic N) is 6. The van der Waals surface area contributed by atoms with Crippen molar-refractivity contribution < 1.29 is 9.13 Å². The average molecular weight is 575 g/mol. The fraction of sp³-hybridized carbons (Fsp3) is 0.286. The van der Waals surface area contributed by atoms with E-state index in [9.17, 15) is 4.39 Å². The van der Waals surface area contributed by atoms with Gasteiger partial charge in [-0.15, -0.1) is 10.2 Å². The molecule has 0 saturated carbocycles. The zero-order valence-electron chi connectivity index (χ0n) is 13.6. The van der Waals surface area contributed by atoms with Gasteiger partial charge in [0.15, 0.2) is 4.73 Å². The third-order valence-electron chi connectivity index (χ3n) is 2.91. The van der Waals surface area contributed by atoms with Crippen LogP contribution < -0.4 is 4.74 Å². The van der Waals surface area contributed by atoms with Gasteiger partial charge in [0, 0.05) is 19.2 Å². The van der Waals surface area contributed by atoms with Crippen molar-refractivity contribution in [3.8, 4) is 11.8 Å². The van der Waals surface area contributed by atoms with Crippen LogP contribution in [0.2, 0.25) is 5.02 Å². The van der Waals surface area contributed by atoms with Crippen LogP contribution in [0, 0.1) is 5.82 Å². The lowest BCUT2D eigenvalue weighted by atomic mass is 10.3. The highest BCUT2D eigenvalue weighted by Crippen LogP contribution is 2.25. The third kappa shape index (κ3) is 5.73. The van der Waals surface area contributed by atoms with E-state index in [4.69, 9.17) is 16.3 Å². The molecular weight excluding hydrogens is 562 g/mol. The van der Waals surface area contributed by atoms with Crippen molar-refractivity contribution in [2.24, 2.45) is 0 Å². The number of benzene rings is 1. The number of halogens is 5. The maximum absolute atomic E-state index is 13.0. The molecule has 140 valence electrons. The van der Waals surface area contributed by atoms with Gasteiger partial charge in [0.1, 0.15) is 11.6 Å². The fourth-order valence-corrected chi connectivity index (χ4v) is 3.34. The summed E-state index contributed by atoms with van der Waals surface area (Å²) in [6, 6.07) is 4.42. The minimum Gasteiger partial charge on any atom is -0.424 e. The summed E-state index contributed by atoms with van der Waals surface area (Å²) < 4.78 is 23.6. The molecule has 7 nitrogen and oxygen atoms in total. The Bertz CT molecular complexity index is 888. The van der Waals surface area contributed by atoms with Gasteiger partial charge in [-0.1, -0.05) is 11.6 Å². The van der Waals surface area contributed by atoms with Gasteiger partial charge in [-0.2, -0.15) is 9.97 Å². The maximum Gasteiger partial charge on any atom is 0.321 e. The van der Waals surface area contributed by atoms with Crippen LogP contribution in [0.15, 0.2) is 32.4 Å². The predicted molar refractivity (Wildman–Crippen MR) is 106 cm³/mol. The van der Waals surface area contributed by atoms with Gasteiger partial charge in [0.05, 0.1) is 5.02 Å². The molecular formula is C14H13Br3ClFN6O. The molecule has 3 aromatic rings. The molecule has 26 heavy (non-hydrogen) atoms. The molecule has 12 heteroatoms. The summed E-state index contributed by atoms with van der Waals surface area (Å²) in [5.74, 6) is -0.0804. The second-order valence-corrected chi connectivity index (χ2v) is 7.16. The van der Waals surface area contributed by atoms with Crippen LogP contribution in [-0.2, 0) is 13.1 Å². The lowest BCUT2D eigenvalue weighted by Gasteiger charge is -2.05. The molecule has 0 bridgehead atoms. The molecule has 0 N–H and O–H groups in total. The predicted octanol–water partition coefficient (Wildman–Crippen LogP) is 5.47. The van der Waals surface area contributed by atoms with E-state index in [1.165, 1.54) is 18.2 Å². The summed E-state index contributed by atoms with van der Waals surface area (Å²) in [7, 11) is 0. The Hall–Kier alpha value is -1.04. The van der Waals surface area contributed by atoms with Crippen LogP contribution in [0.25, 0.3) is 0 Å². The highest BCUT2D eigenvalue weighted by atomic mass is 79.9. The molecule has 0 aliphatic rings. The Morgan fingerprint density at radius 3 is 2.15 bits per heavy atom. The van der Waals surface area contributed by atoms with Gasteiger partial charge >= 0.3 is 6.01 Å². The summed E-state index contributed by atoms with van der Waals surface area (Å²) in [5, 5.41) is 8.06. The van der Waals surface area contributed by atoms with Crippen molar-refractivity contribution in [1.29, 1.82) is 0 Å². The van der Waals surface area contributed by atoms with Crippen molar-refractivity contribution >= 4 is 59.4 Å². The molecule has 0 saturated heterocycles. The Balaban J connectivity index is 0.000000228. The van der Waals surface area contributed by atoms with Gasteiger partial charge in [0.2, 0.25) is 9.47 Å². The van der Waals surface area contributed by atoms with E-state index in [0.29, 0.717) is 27.8 Å². The Morgan fingerprint density at radius 2 is 1.65 bits per heavy atom. The normalized spacial score (nSPS) is 10.4. The van der Waals surface area contributed by atoms with E-state index >= 15 is 0 Å². The molecule has 0 aliphatic carbocycles. The first-order valence-electron chi connectivity index (χ1n) is 7.33. The SMILES string of the molecule is CCn1nc(Br)nc1Br.CCn1nc(Br)nc1Oc1ccc(F)c(Cl)c1. The monoisotopic (exact) mass is 572 g/mol. The van der Waals surface area contributed by atoms with E-state index in [0.717, 1.165) is 11.3 Å². The summed E-state index contributed by atoms with van der Waals surface area (Å²) in [6.45, 7) is 5.36. The minimum absolute atomic E-state index is 0.00382. The molecule has 0 atom stereocenters. The Kier molecular flexibility index (Phi) is 7.99. The summed E-state index contributed by atoms with van der Waals surface area (Å²) in [5.41, 5.74) is 0. The number of hydrogen-bond acceptors (Lipinski definition) is 5. The van der Waals surface area contributed by atoms with Gasteiger partial charge in [0.25, 0.3) is 0 Å². The van der Waals surface area contributed by atoms with Crippen molar-refractivity contribution in [2.45, 2.75) is 26.9 Å². The van der Waals surface area contributed by atoms with Crippen LogP contribution >= 0.6 is 59.4 Å². The van der Waals surface area contributed by atoms with Crippen molar-refractivity contribution in [3.63, 3.8) is 0 Å². The van der Waals surface area contributed by atoms with Crippen LogP contribution in [0.1, 0.15) is 13.8 Å². The molecule has 0 fully saturated rings. The second kappa shape index (κ2) is 9.77. The molecule has 0 amide bonds. The largest absolute Gasteiger partial charge is 0.424 e. The quantitative estimate of drug-likeness (QED) is 0.413. The first kappa shape index (κ1) is 21.3. The van der Waals surface area contributed by atoms with Crippen LogP contribution in [0.5, 0.6) is 11.8 Å². The van der Waals surface area contributed by atoms with Gasteiger partial charge < -0.3 is 4.74 Å². The standard InChI is InChI=1S/C10H8BrClFN3O.C4H5Br2N3/c1-2-16-10(14-9(11)15-16)17-6-3-4-8(13)7(12)5-6;1-2-9-4(6)7-3(5)8-9/h3-5H,2H2,1H3;2H2,1H3. The van der Waals surface area contributed by atoms with Crippen molar-refractivity contribution in [1.82, 2.24) is 29.5 Å². The molecule has 2 aromatic heterocycles. The maximum atomic E-state index is 13.0. The van der Waals surface area contributed by atoms with Crippen LogP contribution in [-0.4, -0.2) is 29.5 Å². The van der Waals surface area contributed by atoms with Gasteiger partial charge in [-0.05, 0) is 73.8 Å². The number of aromatic nitrogens is 6. The summed E-state index contributed by atoms with van der Waals surface area (Å²) >= 11 is 15.2. The van der Waals surface area contributed by atoms with E-state index in [1.54, 1.807) is 9.36 Å². The molecule has 0 unspecified atom stereocenters. The van der Waals surface area contributed by atoms with Gasteiger partial charge in [-0.3, -0.25) is 0 Å². The van der Waals surface area contributed by atoms with Crippen LogP contribution in [0.4, 0.5) is 4.39 Å². The second-order valence-electron chi connectivity index (χ2n) is 4.62. The number of rotatable bonds is 4. The van der Waals surface area contributed by atoms with Crippen LogP contribution in [0.3, 0.4) is 0 Å². The fourth-order valence-electron chi connectivity index (χ4n) is 1.73. The third-order valence-corrected chi connectivity index (χ3v) is 4.46. The first-order valence-corrected chi connectivity index (χ1v) is 10.1. The topological polar surface area (TPSA) is 70.7 Å². The molecule has 3 rings (SSSR count). The lowest BCUT2D eigenvalue weighted by Crippen LogP contribution is -2.00. The van der Waals surface area contributed by atoms with Gasteiger partial charge in [-0.25, -0.2) is 13.8 Å². The molecule has 0 aliphatic heterocycles. The molecule has 1 aromatic carbocycles. The highest BCUT2D eigenvalue weighted by molar-refractivity contribution is 9.11. The van der Waals surface area contributed by atoms with E-state index in [1.807, 2.05) is 13.8 Å². The Morgan fingerprint density at radius 1 is 1.04 bits per heavy atom. The van der Waals surface area contributed by atoms with E-state index < -0.39 is 5.82 Å². The van der Waals surface area contributed by atoms with E-state index in [2.05, 4.69) is 68.0 Å². The van der Waals surface area contributed by atoms with Crippen molar-refractivity contribution in [2.75, 3.05) is 0 Å². The zero-order valence-corrected chi connectivity index (χ0v) is 19.1. The first-order chi connectivity index (χ1) is 12.3. The number of hydrogen-bond donors (Lipinski definition) is 0. The number of aryl methyl sites for hydroxylation is 2. The smallest absolute Gasteiger partial charge is 0.321 e. The van der Waals surface area contributed by atoms with E-state index in [-0.39, 0.29) is 5.02 Å². The molecule has 0 radical (unpaired) electrons. The average Bonchev–Trinajstić information content (AvgIpc) is 3.12. The summed E-state index contributed by atoms with van der Waals surface area (Å²) in [4.78, 5) is 8.01. The van der Waals surface area contributed by atoms with Crippen molar-refractivity contribution in [3.05, 3.63) is 43.2 Å². The lowest BCUT2D eigenvalue weighted by molar-refractivity contribution is 0.401. The zero-order chi connectivity index (χ0) is 19.3. The minimum atomic E-state index is -0.489. The Labute approximate surface area is 179 Å². The molecule has 2 heterocycles. The summed E-state index contributed by atoms with van der Waals surface area (Å²) in [6.07, 6.45) is 0.